The molecule has 0 N–H and O–H groups in total. The summed E-state index contributed by atoms with van der Waals surface area (Å²) in [5, 5.41) is 8.93. The molecule has 0 radical (unpaired) electrons. The quantitative estimate of drug-likeness (QED) is 0.406. The van der Waals surface area contributed by atoms with Crippen LogP contribution < -0.4 is 0 Å². The standard InChI is InChI=1S/C16H20N2O2S2/c1-3-4-8-11-20-15(19)12(2)21-16-18-17-14(22-16)13-9-6-5-7-10-13/h5-7,9-10,12H,3-4,8,11H2,1-2H3. The predicted molar refractivity (Wildman–Crippen MR) is 91.1 cm³/mol. The third-order valence-corrected chi connectivity index (χ3v) is 5.16. The molecule has 0 aliphatic carbocycles. The molecule has 2 rings (SSSR count). The molecule has 0 bridgehead atoms. The van der Waals surface area contributed by atoms with Crippen molar-refractivity contribution < 1.29 is 9.53 Å². The van der Waals surface area contributed by atoms with E-state index in [1.165, 1.54) is 23.1 Å². The highest BCUT2D eigenvalue weighted by Gasteiger charge is 2.18. The molecule has 0 aliphatic heterocycles. The number of hydrogen-bond donors (Lipinski definition) is 0. The maximum atomic E-state index is 11.9. The van der Waals surface area contributed by atoms with Crippen molar-refractivity contribution in [2.45, 2.75) is 42.7 Å². The number of unbranched alkanes of at least 4 members (excludes halogenated alkanes) is 2. The number of ether oxygens (including phenoxy) is 1. The van der Waals surface area contributed by atoms with E-state index in [9.17, 15) is 4.79 Å². The number of carbonyl (C=O) groups excluding carboxylic acids is 1. The van der Waals surface area contributed by atoms with E-state index in [2.05, 4.69) is 17.1 Å². The number of hydrogen-bond acceptors (Lipinski definition) is 6. The molecule has 1 unspecified atom stereocenters. The molecule has 1 heterocycles. The molecule has 1 atom stereocenters. The van der Waals surface area contributed by atoms with Gasteiger partial charge in [0.2, 0.25) is 0 Å². The lowest BCUT2D eigenvalue weighted by Crippen LogP contribution is -2.17. The number of thioether (sulfide) groups is 1. The van der Waals surface area contributed by atoms with Crippen molar-refractivity contribution in [2.24, 2.45) is 0 Å². The van der Waals surface area contributed by atoms with E-state index in [4.69, 9.17) is 4.74 Å². The third kappa shape index (κ3) is 5.10. The minimum Gasteiger partial charge on any atom is -0.465 e. The second kappa shape index (κ2) is 8.90. The van der Waals surface area contributed by atoms with Gasteiger partial charge >= 0.3 is 5.97 Å². The van der Waals surface area contributed by atoms with Gasteiger partial charge in [-0.15, -0.1) is 10.2 Å². The fourth-order valence-corrected chi connectivity index (χ4v) is 3.80. The summed E-state index contributed by atoms with van der Waals surface area (Å²) >= 11 is 2.90. The first-order chi connectivity index (χ1) is 10.7. The van der Waals surface area contributed by atoms with Gasteiger partial charge in [0.05, 0.1) is 6.61 Å². The van der Waals surface area contributed by atoms with Crippen LogP contribution in [0.4, 0.5) is 0 Å². The van der Waals surface area contributed by atoms with Crippen LogP contribution >= 0.6 is 23.1 Å². The maximum absolute atomic E-state index is 11.9. The van der Waals surface area contributed by atoms with E-state index in [-0.39, 0.29) is 11.2 Å². The van der Waals surface area contributed by atoms with E-state index in [0.29, 0.717) is 6.61 Å². The summed E-state index contributed by atoms with van der Waals surface area (Å²) < 4.78 is 6.05. The summed E-state index contributed by atoms with van der Waals surface area (Å²) in [5.74, 6) is -0.183. The lowest BCUT2D eigenvalue weighted by Gasteiger charge is -2.09. The van der Waals surface area contributed by atoms with Gasteiger partial charge in [-0.3, -0.25) is 4.79 Å². The molecule has 118 valence electrons. The Balaban J connectivity index is 1.85. The first kappa shape index (κ1) is 17.0. The summed E-state index contributed by atoms with van der Waals surface area (Å²) in [6.45, 7) is 4.47. The van der Waals surface area contributed by atoms with Gasteiger partial charge in [0.1, 0.15) is 10.3 Å². The molecule has 0 spiro atoms. The van der Waals surface area contributed by atoms with Crippen LogP contribution in [0.25, 0.3) is 10.6 Å². The van der Waals surface area contributed by atoms with Crippen molar-refractivity contribution in [3.8, 4) is 10.6 Å². The topological polar surface area (TPSA) is 52.1 Å². The van der Waals surface area contributed by atoms with E-state index >= 15 is 0 Å². The van der Waals surface area contributed by atoms with Crippen molar-refractivity contribution >= 4 is 29.1 Å². The molecule has 22 heavy (non-hydrogen) atoms. The highest BCUT2D eigenvalue weighted by Crippen LogP contribution is 2.31. The lowest BCUT2D eigenvalue weighted by atomic mass is 10.2. The first-order valence-corrected chi connectivity index (χ1v) is 9.12. The van der Waals surface area contributed by atoms with Crippen LogP contribution in [0.2, 0.25) is 0 Å². The minimum atomic E-state index is -0.266. The molecule has 0 aliphatic rings. The summed E-state index contributed by atoms with van der Waals surface area (Å²) in [5.41, 5.74) is 1.04. The normalized spacial score (nSPS) is 12.1. The number of benzene rings is 1. The molecule has 4 nitrogen and oxygen atoms in total. The molecule has 1 aromatic heterocycles. The van der Waals surface area contributed by atoms with Crippen molar-refractivity contribution in [1.29, 1.82) is 0 Å². The smallest absolute Gasteiger partial charge is 0.319 e. The van der Waals surface area contributed by atoms with Crippen molar-refractivity contribution in [3.05, 3.63) is 30.3 Å². The SMILES string of the molecule is CCCCCOC(=O)C(C)Sc1nnc(-c2ccccc2)s1. The highest BCUT2D eigenvalue weighted by molar-refractivity contribution is 8.02. The first-order valence-electron chi connectivity index (χ1n) is 7.43. The van der Waals surface area contributed by atoms with E-state index in [1.54, 1.807) is 0 Å². The molecule has 6 heteroatoms. The van der Waals surface area contributed by atoms with Gasteiger partial charge in [-0.25, -0.2) is 0 Å². The molecule has 0 amide bonds. The van der Waals surface area contributed by atoms with Crippen LogP contribution in [0.1, 0.15) is 33.1 Å². The summed E-state index contributed by atoms with van der Waals surface area (Å²) in [6, 6.07) is 9.91. The summed E-state index contributed by atoms with van der Waals surface area (Å²) in [4.78, 5) is 11.9. The average Bonchev–Trinajstić information content (AvgIpc) is 3.00. The van der Waals surface area contributed by atoms with E-state index in [1.807, 2.05) is 37.3 Å². The van der Waals surface area contributed by atoms with Gasteiger partial charge in [0.25, 0.3) is 0 Å². The monoisotopic (exact) mass is 336 g/mol. The number of rotatable bonds is 8. The summed E-state index contributed by atoms with van der Waals surface area (Å²) in [7, 11) is 0. The van der Waals surface area contributed by atoms with Crippen LogP contribution in [-0.4, -0.2) is 28.0 Å². The van der Waals surface area contributed by atoms with Gasteiger partial charge in [-0.1, -0.05) is 73.2 Å². The number of esters is 1. The Bertz CT molecular complexity index is 587. The fourth-order valence-electron chi connectivity index (χ4n) is 1.80. The second-order valence-corrected chi connectivity index (χ2v) is 7.44. The Labute approximate surface area is 139 Å². The molecule has 0 fully saturated rings. The van der Waals surface area contributed by atoms with Crippen molar-refractivity contribution in [3.63, 3.8) is 0 Å². The molecular weight excluding hydrogens is 316 g/mol. The number of aromatic nitrogens is 2. The lowest BCUT2D eigenvalue weighted by molar-refractivity contribution is -0.142. The Hall–Kier alpha value is -1.40. The summed E-state index contributed by atoms with van der Waals surface area (Å²) in [6.07, 6.45) is 3.14. The Morgan fingerprint density at radius 1 is 1.27 bits per heavy atom. The van der Waals surface area contributed by atoms with Crippen molar-refractivity contribution in [2.75, 3.05) is 6.61 Å². The van der Waals surface area contributed by atoms with Crippen LogP contribution in [0.15, 0.2) is 34.7 Å². The predicted octanol–water partition coefficient (Wildman–Crippen LogP) is 4.42. The second-order valence-electron chi connectivity index (χ2n) is 4.87. The van der Waals surface area contributed by atoms with E-state index < -0.39 is 0 Å². The molecule has 2 aromatic rings. The Kier molecular flexibility index (Phi) is 6.86. The Morgan fingerprint density at radius 3 is 2.77 bits per heavy atom. The van der Waals surface area contributed by atoms with Gasteiger partial charge in [-0.2, -0.15) is 0 Å². The van der Waals surface area contributed by atoms with Gasteiger partial charge in [0.15, 0.2) is 4.34 Å². The van der Waals surface area contributed by atoms with Crippen LogP contribution in [0.5, 0.6) is 0 Å². The van der Waals surface area contributed by atoms with Crippen LogP contribution in [0, 0.1) is 0 Å². The molecule has 1 aromatic carbocycles. The zero-order chi connectivity index (χ0) is 15.8. The van der Waals surface area contributed by atoms with Crippen LogP contribution in [0.3, 0.4) is 0 Å². The van der Waals surface area contributed by atoms with Gasteiger partial charge in [0, 0.05) is 5.56 Å². The third-order valence-electron chi connectivity index (χ3n) is 3.03. The zero-order valence-electron chi connectivity index (χ0n) is 12.8. The van der Waals surface area contributed by atoms with E-state index in [0.717, 1.165) is 34.2 Å². The zero-order valence-corrected chi connectivity index (χ0v) is 14.5. The van der Waals surface area contributed by atoms with Crippen molar-refractivity contribution in [1.82, 2.24) is 10.2 Å². The van der Waals surface area contributed by atoms with Crippen LogP contribution in [-0.2, 0) is 9.53 Å². The minimum absolute atomic E-state index is 0.183. The number of carbonyl (C=O) groups is 1. The molecular formula is C16H20N2O2S2. The molecule has 0 saturated carbocycles. The Morgan fingerprint density at radius 2 is 2.05 bits per heavy atom. The van der Waals surface area contributed by atoms with Gasteiger partial charge in [-0.05, 0) is 13.3 Å². The fraction of sp³-hybridized carbons (Fsp3) is 0.438. The van der Waals surface area contributed by atoms with Gasteiger partial charge < -0.3 is 4.74 Å². The highest BCUT2D eigenvalue weighted by atomic mass is 32.2. The average molecular weight is 336 g/mol. The largest absolute Gasteiger partial charge is 0.465 e. The maximum Gasteiger partial charge on any atom is 0.319 e. The number of nitrogens with zero attached hydrogens (tertiary/aromatic N) is 2. The molecule has 0 saturated heterocycles.